The molecule has 0 aliphatic carbocycles. The summed E-state index contributed by atoms with van der Waals surface area (Å²) in [6, 6.07) is 4.61. The number of thiophene rings is 1. The summed E-state index contributed by atoms with van der Waals surface area (Å²) in [5, 5.41) is 17.4. The van der Waals surface area contributed by atoms with E-state index in [0.29, 0.717) is 13.2 Å². The predicted octanol–water partition coefficient (Wildman–Crippen LogP) is 1.95. The summed E-state index contributed by atoms with van der Waals surface area (Å²) in [7, 11) is 3.68. The van der Waals surface area contributed by atoms with Gasteiger partial charge in [-0.15, -0.1) is 45.5 Å². The maximum Gasteiger partial charge on any atom is 0.191 e. The molecule has 31 heavy (non-hydrogen) atoms. The van der Waals surface area contributed by atoms with Gasteiger partial charge in [0.05, 0.1) is 19.3 Å². The van der Waals surface area contributed by atoms with Crippen LogP contribution in [0, 0.1) is 6.92 Å². The molecule has 3 heterocycles. The average molecular weight is 564 g/mol. The van der Waals surface area contributed by atoms with E-state index in [9.17, 15) is 0 Å². The fourth-order valence-corrected chi connectivity index (χ4v) is 4.17. The first-order valence-corrected chi connectivity index (χ1v) is 11.3. The molecule has 0 spiro atoms. The Morgan fingerprint density at radius 2 is 2.13 bits per heavy atom. The van der Waals surface area contributed by atoms with Gasteiger partial charge in [0.2, 0.25) is 0 Å². The highest BCUT2D eigenvalue weighted by atomic mass is 127. The van der Waals surface area contributed by atoms with Crippen LogP contribution in [0.4, 0.5) is 0 Å². The molecule has 9 nitrogen and oxygen atoms in total. The molecule has 1 saturated heterocycles. The van der Waals surface area contributed by atoms with E-state index in [2.05, 4.69) is 43.2 Å². The summed E-state index contributed by atoms with van der Waals surface area (Å²) in [5.41, 5.74) is 0. The monoisotopic (exact) mass is 563 g/mol. The van der Waals surface area contributed by atoms with Crippen LogP contribution in [-0.4, -0.2) is 78.7 Å². The molecule has 11 heteroatoms. The molecule has 2 aromatic heterocycles. The van der Waals surface area contributed by atoms with Crippen LogP contribution in [-0.2, 0) is 23.1 Å². The first-order valence-electron chi connectivity index (χ1n) is 10.4. The summed E-state index contributed by atoms with van der Waals surface area (Å²) in [6.07, 6.45) is 0.915. The van der Waals surface area contributed by atoms with Crippen LogP contribution in [0.3, 0.4) is 0 Å². The molecule has 1 atom stereocenters. The molecule has 0 saturated carbocycles. The van der Waals surface area contributed by atoms with E-state index < -0.39 is 0 Å². The van der Waals surface area contributed by atoms with Crippen molar-refractivity contribution in [1.82, 2.24) is 30.3 Å². The lowest BCUT2D eigenvalue weighted by Gasteiger charge is -2.34. The fourth-order valence-electron chi connectivity index (χ4n) is 3.31. The van der Waals surface area contributed by atoms with Crippen LogP contribution in [0.25, 0.3) is 0 Å². The standard InChI is InChI=1S/C20H33N7O2S.HI/c1-16-24-25-19(26(16)2)15-23-20(21-7-5-10-28-3)22-14-17(18-6-4-13-30-18)27-8-11-29-12-9-27;/h4,6,13,17H,5,7-12,14-15H2,1-3H3,(H2,21,22,23);1H. The SMILES string of the molecule is COCCCNC(=NCc1nnc(C)n1C)NCC(c1cccs1)N1CCOCC1.I. The molecule has 0 radical (unpaired) electrons. The van der Waals surface area contributed by atoms with Gasteiger partial charge in [0, 0.05) is 51.8 Å². The molecule has 2 aromatic rings. The minimum Gasteiger partial charge on any atom is -0.385 e. The summed E-state index contributed by atoms with van der Waals surface area (Å²) < 4.78 is 12.7. The molecule has 2 N–H and O–H groups in total. The molecule has 174 valence electrons. The fraction of sp³-hybridized carbons (Fsp3) is 0.650. The third kappa shape index (κ3) is 7.97. The van der Waals surface area contributed by atoms with Crippen molar-refractivity contribution >= 4 is 41.3 Å². The van der Waals surface area contributed by atoms with Gasteiger partial charge in [0.1, 0.15) is 12.4 Å². The zero-order valence-electron chi connectivity index (χ0n) is 18.5. The quantitative estimate of drug-likeness (QED) is 0.198. The summed E-state index contributed by atoms with van der Waals surface area (Å²) in [6.45, 7) is 8.13. The first-order chi connectivity index (χ1) is 14.7. The van der Waals surface area contributed by atoms with Crippen LogP contribution in [0.5, 0.6) is 0 Å². The van der Waals surface area contributed by atoms with Gasteiger partial charge in [-0.25, -0.2) is 4.99 Å². The van der Waals surface area contributed by atoms with E-state index in [1.165, 1.54) is 4.88 Å². The molecular formula is C20H34IN7O2S. The lowest BCUT2D eigenvalue weighted by Crippen LogP contribution is -2.46. The Bertz CT molecular complexity index is 779. The summed E-state index contributed by atoms with van der Waals surface area (Å²) in [4.78, 5) is 8.59. The van der Waals surface area contributed by atoms with E-state index in [0.717, 1.165) is 63.4 Å². The number of hydrogen-bond donors (Lipinski definition) is 2. The minimum atomic E-state index is 0. The highest BCUT2D eigenvalue weighted by Gasteiger charge is 2.23. The largest absolute Gasteiger partial charge is 0.385 e. The number of aromatic nitrogens is 3. The van der Waals surface area contributed by atoms with Crippen LogP contribution in [0.15, 0.2) is 22.5 Å². The van der Waals surface area contributed by atoms with Crippen molar-refractivity contribution in [2.75, 3.05) is 53.1 Å². The van der Waals surface area contributed by atoms with Crippen LogP contribution < -0.4 is 10.6 Å². The zero-order chi connectivity index (χ0) is 21.2. The number of nitrogens with one attached hydrogen (secondary N) is 2. The molecular weight excluding hydrogens is 529 g/mol. The van der Waals surface area contributed by atoms with E-state index in [1.807, 2.05) is 18.5 Å². The van der Waals surface area contributed by atoms with Crippen LogP contribution in [0.1, 0.15) is 29.0 Å². The molecule has 0 bridgehead atoms. The number of aliphatic imine (C=N–C) groups is 1. The maximum atomic E-state index is 5.55. The van der Waals surface area contributed by atoms with Gasteiger partial charge < -0.3 is 24.7 Å². The minimum absolute atomic E-state index is 0. The second-order valence-electron chi connectivity index (χ2n) is 7.22. The zero-order valence-corrected chi connectivity index (χ0v) is 21.7. The maximum absolute atomic E-state index is 5.55. The number of guanidine groups is 1. The smallest absolute Gasteiger partial charge is 0.191 e. The lowest BCUT2D eigenvalue weighted by molar-refractivity contribution is 0.0177. The van der Waals surface area contributed by atoms with Crippen molar-refractivity contribution in [3.8, 4) is 0 Å². The van der Waals surface area contributed by atoms with Crippen LogP contribution in [0.2, 0.25) is 0 Å². The molecule has 3 rings (SSSR count). The molecule has 1 aliphatic heterocycles. The topological polar surface area (TPSA) is 88.8 Å². The van der Waals surface area contributed by atoms with Gasteiger partial charge in [-0.3, -0.25) is 4.90 Å². The van der Waals surface area contributed by atoms with E-state index in [4.69, 9.17) is 14.5 Å². The summed E-state index contributed by atoms with van der Waals surface area (Å²) in [5.74, 6) is 2.50. The summed E-state index contributed by atoms with van der Waals surface area (Å²) >= 11 is 1.79. The number of hydrogen-bond acceptors (Lipinski definition) is 7. The van der Waals surface area contributed by atoms with Gasteiger partial charge in [-0.1, -0.05) is 6.07 Å². The lowest BCUT2D eigenvalue weighted by atomic mass is 10.2. The Hall–Kier alpha value is -1.28. The molecule has 0 amide bonds. The van der Waals surface area contributed by atoms with Gasteiger partial charge in [0.25, 0.3) is 0 Å². The number of morpholine rings is 1. The van der Waals surface area contributed by atoms with Crippen LogP contribution >= 0.6 is 35.3 Å². The normalized spacial score (nSPS) is 16.0. The Balaban J connectivity index is 0.00000341. The number of ether oxygens (including phenoxy) is 2. The number of halogens is 1. The molecule has 1 unspecified atom stereocenters. The van der Waals surface area contributed by atoms with Crippen molar-refractivity contribution < 1.29 is 9.47 Å². The second kappa shape index (κ2) is 14.0. The van der Waals surface area contributed by atoms with Gasteiger partial charge in [0.15, 0.2) is 11.8 Å². The second-order valence-corrected chi connectivity index (χ2v) is 8.20. The van der Waals surface area contributed by atoms with Crippen molar-refractivity contribution in [2.45, 2.75) is 25.9 Å². The predicted molar refractivity (Wildman–Crippen MR) is 134 cm³/mol. The Morgan fingerprint density at radius 1 is 1.32 bits per heavy atom. The Morgan fingerprint density at radius 3 is 2.77 bits per heavy atom. The van der Waals surface area contributed by atoms with Crippen molar-refractivity contribution in [2.24, 2.45) is 12.0 Å². The van der Waals surface area contributed by atoms with Gasteiger partial charge >= 0.3 is 0 Å². The van der Waals surface area contributed by atoms with Gasteiger partial charge in [-0.2, -0.15) is 0 Å². The third-order valence-corrected chi connectivity index (χ3v) is 6.17. The van der Waals surface area contributed by atoms with Crippen molar-refractivity contribution in [3.63, 3.8) is 0 Å². The number of nitrogens with zero attached hydrogens (tertiary/aromatic N) is 5. The molecule has 1 fully saturated rings. The van der Waals surface area contributed by atoms with E-state index in [1.54, 1.807) is 18.4 Å². The van der Waals surface area contributed by atoms with Crippen molar-refractivity contribution in [1.29, 1.82) is 0 Å². The third-order valence-electron chi connectivity index (χ3n) is 5.20. The average Bonchev–Trinajstić information content (AvgIpc) is 3.41. The number of rotatable bonds is 10. The van der Waals surface area contributed by atoms with Gasteiger partial charge in [-0.05, 0) is 24.8 Å². The Labute approximate surface area is 205 Å². The van der Waals surface area contributed by atoms with E-state index >= 15 is 0 Å². The molecule has 0 aromatic carbocycles. The first kappa shape index (κ1) is 26.0. The Kier molecular flexibility index (Phi) is 11.7. The number of aryl methyl sites for hydroxylation is 1. The number of methoxy groups -OCH3 is 1. The van der Waals surface area contributed by atoms with Crippen molar-refractivity contribution in [3.05, 3.63) is 34.0 Å². The highest BCUT2D eigenvalue weighted by molar-refractivity contribution is 14.0. The molecule has 1 aliphatic rings. The van der Waals surface area contributed by atoms with E-state index in [-0.39, 0.29) is 30.0 Å². The highest BCUT2D eigenvalue weighted by Crippen LogP contribution is 2.25.